The molecule has 2 unspecified atom stereocenters. The van der Waals surface area contributed by atoms with Gasteiger partial charge in [-0.1, -0.05) is 12.1 Å². The van der Waals surface area contributed by atoms with E-state index < -0.39 is 0 Å². The highest BCUT2D eigenvalue weighted by molar-refractivity contribution is 7.98. The molecule has 0 heterocycles. The molecule has 106 valence electrons. The van der Waals surface area contributed by atoms with Crippen LogP contribution in [0, 0.1) is 0 Å². The number of thioether (sulfide) groups is 1. The number of carbonyl (C=O) groups is 1. The lowest BCUT2D eigenvalue weighted by Gasteiger charge is -2.15. The van der Waals surface area contributed by atoms with Crippen LogP contribution in [-0.4, -0.2) is 18.2 Å². The average Bonchev–Trinajstić information content (AvgIpc) is 2.38. The van der Waals surface area contributed by atoms with Crippen molar-refractivity contribution in [2.24, 2.45) is 5.73 Å². The third-order valence-electron chi connectivity index (χ3n) is 3.06. The molecule has 0 fully saturated rings. The van der Waals surface area contributed by atoms with Crippen molar-refractivity contribution in [3.05, 3.63) is 29.8 Å². The molecular formula is C15H24N2OS. The first kappa shape index (κ1) is 16.1. The zero-order valence-corrected chi connectivity index (χ0v) is 12.8. The van der Waals surface area contributed by atoms with Crippen LogP contribution in [0.3, 0.4) is 0 Å². The fraction of sp³-hybridized carbons (Fsp3) is 0.533. The first-order chi connectivity index (χ1) is 9.02. The van der Waals surface area contributed by atoms with E-state index in [4.69, 9.17) is 5.73 Å². The van der Waals surface area contributed by atoms with Gasteiger partial charge in [-0.15, -0.1) is 11.8 Å². The Labute approximate surface area is 120 Å². The zero-order valence-electron chi connectivity index (χ0n) is 12.0. The van der Waals surface area contributed by atoms with Crippen molar-refractivity contribution >= 4 is 17.7 Å². The summed E-state index contributed by atoms with van der Waals surface area (Å²) < 4.78 is 0. The minimum Gasteiger partial charge on any atom is -0.350 e. The molecule has 3 nitrogen and oxygen atoms in total. The molecule has 0 aliphatic rings. The molecule has 0 saturated carbocycles. The molecule has 0 spiro atoms. The minimum atomic E-state index is 0.0544. The van der Waals surface area contributed by atoms with Crippen LogP contribution in [0.15, 0.2) is 29.2 Å². The third kappa shape index (κ3) is 6.12. The lowest BCUT2D eigenvalue weighted by Crippen LogP contribution is -2.26. The molecule has 1 amide bonds. The van der Waals surface area contributed by atoms with Crippen LogP contribution >= 0.6 is 11.8 Å². The van der Waals surface area contributed by atoms with Crippen molar-refractivity contribution in [3.8, 4) is 0 Å². The summed E-state index contributed by atoms with van der Waals surface area (Å²) >= 11 is 1.72. The van der Waals surface area contributed by atoms with Gasteiger partial charge < -0.3 is 11.1 Å². The molecule has 2 atom stereocenters. The van der Waals surface area contributed by atoms with E-state index in [1.54, 1.807) is 11.8 Å². The number of amides is 1. The quantitative estimate of drug-likeness (QED) is 0.755. The van der Waals surface area contributed by atoms with E-state index in [1.165, 1.54) is 4.90 Å². The third-order valence-corrected chi connectivity index (χ3v) is 3.80. The number of carbonyl (C=O) groups excluding carboxylic acids is 1. The van der Waals surface area contributed by atoms with Crippen LogP contribution in [0.2, 0.25) is 0 Å². The summed E-state index contributed by atoms with van der Waals surface area (Å²) in [5.41, 5.74) is 6.80. The van der Waals surface area contributed by atoms with Gasteiger partial charge in [0.2, 0.25) is 5.91 Å². The maximum atomic E-state index is 11.8. The Morgan fingerprint density at radius 1 is 1.32 bits per heavy atom. The fourth-order valence-corrected chi connectivity index (χ4v) is 2.28. The Morgan fingerprint density at radius 3 is 2.47 bits per heavy atom. The Bertz CT molecular complexity index is 390. The molecule has 0 radical (unpaired) electrons. The number of nitrogens with one attached hydrogen (secondary N) is 1. The van der Waals surface area contributed by atoms with Gasteiger partial charge in [-0.2, -0.15) is 0 Å². The molecule has 1 aromatic rings. The summed E-state index contributed by atoms with van der Waals surface area (Å²) in [5, 5.41) is 3.02. The SMILES string of the molecule is CSc1ccc(C(C)NC(=O)CCCC(C)N)cc1. The van der Waals surface area contributed by atoms with Crippen LogP contribution in [0.25, 0.3) is 0 Å². The van der Waals surface area contributed by atoms with Gasteiger partial charge >= 0.3 is 0 Å². The number of benzene rings is 1. The van der Waals surface area contributed by atoms with E-state index in [0.717, 1.165) is 18.4 Å². The van der Waals surface area contributed by atoms with Gasteiger partial charge in [0.1, 0.15) is 0 Å². The molecule has 4 heteroatoms. The summed E-state index contributed by atoms with van der Waals surface area (Å²) in [4.78, 5) is 13.0. The molecule has 0 aromatic heterocycles. The molecule has 0 aliphatic heterocycles. The molecule has 1 aromatic carbocycles. The summed E-state index contributed by atoms with van der Waals surface area (Å²) in [6, 6.07) is 8.53. The molecule has 19 heavy (non-hydrogen) atoms. The number of hydrogen-bond acceptors (Lipinski definition) is 3. The van der Waals surface area contributed by atoms with E-state index >= 15 is 0 Å². The van der Waals surface area contributed by atoms with Crippen LogP contribution in [0.1, 0.15) is 44.7 Å². The largest absolute Gasteiger partial charge is 0.350 e. The number of rotatable bonds is 7. The van der Waals surface area contributed by atoms with Crippen molar-refractivity contribution < 1.29 is 4.79 Å². The molecule has 0 aliphatic carbocycles. The first-order valence-electron chi connectivity index (χ1n) is 6.72. The summed E-state index contributed by atoms with van der Waals surface area (Å²) in [6.45, 7) is 3.98. The smallest absolute Gasteiger partial charge is 0.220 e. The van der Waals surface area contributed by atoms with Gasteiger partial charge in [0, 0.05) is 17.4 Å². The van der Waals surface area contributed by atoms with Gasteiger partial charge in [-0.25, -0.2) is 0 Å². The molecule has 0 saturated heterocycles. The second-order valence-corrected chi connectivity index (χ2v) is 5.81. The predicted octanol–water partition coefficient (Wildman–Crippen LogP) is 3.10. The zero-order chi connectivity index (χ0) is 14.3. The molecule has 3 N–H and O–H groups in total. The van der Waals surface area contributed by atoms with Crippen LogP contribution in [-0.2, 0) is 4.79 Å². The molecular weight excluding hydrogens is 256 g/mol. The van der Waals surface area contributed by atoms with Crippen LogP contribution < -0.4 is 11.1 Å². The average molecular weight is 280 g/mol. The Balaban J connectivity index is 2.40. The summed E-state index contributed by atoms with van der Waals surface area (Å²) in [5.74, 6) is 0.0992. The maximum Gasteiger partial charge on any atom is 0.220 e. The summed E-state index contributed by atoms with van der Waals surface area (Å²) in [7, 11) is 0. The second-order valence-electron chi connectivity index (χ2n) is 4.93. The Kier molecular flexibility index (Phi) is 6.95. The van der Waals surface area contributed by atoms with E-state index in [9.17, 15) is 4.79 Å². The van der Waals surface area contributed by atoms with Crippen molar-refractivity contribution in [2.75, 3.05) is 6.26 Å². The van der Waals surface area contributed by atoms with E-state index in [1.807, 2.05) is 13.8 Å². The van der Waals surface area contributed by atoms with Gasteiger partial charge in [-0.3, -0.25) is 4.79 Å². The predicted molar refractivity (Wildman–Crippen MR) is 82.3 cm³/mol. The van der Waals surface area contributed by atoms with Crippen molar-refractivity contribution in [1.82, 2.24) is 5.32 Å². The monoisotopic (exact) mass is 280 g/mol. The minimum absolute atomic E-state index is 0.0544. The second kappa shape index (κ2) is 8.23. The highest BCUT2D eigenvalue weighted by Crippen LogP contribution is 2.19. The van der Waals surface area contributed by atoms with Gasteiger partial charge in [0.15, 0.2) is 0 Å². The van der Waals surface area contributed by atoms with Gasteiger partial charge in [-0.05, 0) is 50.6 Å². The van der Waals surface area contributed by atoms with Gasteiger partial charge in [0.25, 0.3) is 0 Å². The van der Waals surface area contributed by atoms with Gasteiger partial charge in [0.05, 0.1) is 6.04 Å². The fourth-order valence-electron chi connectivity index (χ4n) is 1.87. The highest BCUT2D eigenvalue weighted by atomic mass is 32.2. The highest BCUT2D eigenvalue weighted by Gasteiger charge is 2.09. The number of nitrogens with two attached hydrogens (primary N) is 1. The molecule has 0 bridgehead atoms. The van der Waals surface area contributed by atoms with E-state index in [2.05, 4.69) is 35.8 Å². The maximum absolute atomic E-state index is 11.8. The van der Waals surface area contributed by atoms with Crippen LogP contribution in [0.4, 0.5) is 0 Å². The normalized spacial score (nSPS) is 13.9. The van der Waals surface area contributed by atoms with Crippen LogP contribution in [0.5, 0.6) is 0 Å². The lowest BCUT2D eigenvalue weighted by atomic mass is 10.1. The van der Waals surface area contributed by atoms with Crippen molar-refractivity contribution in [2.45, 2.75) is 50.1 Å². The van der Waals surface area contributed by atoms with Crippen molar-refractivity contribution in [1.29, 1.82) is 0 Å². The lowest BCUT2D eigenvalue weighted by molar-refractivity contribution is -0.121. The number of hydrogen-bond donors (Lipinski definition) is 2. The van der Waals surface area contributed by atoms with E-state index in [0.29, 0.717) is 6.42 Å². The standard InChI is InChI=1S/C15H24N2OS/c1-11(16)5-4-6-15(18)17-12(2)13-7-9-14(19-3)10-8-13/h7-12H,4-6,16H2,1-3H3,(H,17,18). The Hall–Kier alpha value is -1.00. The van der Waals surface area contributed by atoms with Crippen molar-refractivity contribution in [3.63, 3.8) is 0 Å². The molecule has 1 rings (SSSR count). The Morgan fingerprint density at radius 2 is 1.95 bits per heavy atom. The summed E-state index contributed by atoms with van der Waals surface area (Å²) in [6.07, 6.45) is 4.35. The first-order valence-corrected chi connectivity index (χ1v) is 7.94. The van der Waals surface area contributed by atoms with E-state index in [-0.39, 0.29) is 18.0 Å². The topological polar surface area (TPSA) is 55.1 Å².